The second kappa shape index (κ2) is 4.92. The first-order valence-electron chi connectivity index (χ1n) is 4.30. The number of rotatable bonds is 2. The molecule has 0 aliphatic rings. The van der Waals surface area contributed by atoms with Crippen LogP contribution >= 0.6 is 0 Å². The lowest BCUT2D eigenvalue weighted by molar-refractivity contribution is 0.598. The Labute approximate surface area is 93.6 Å². The van der Waals surface area contributed by atoms with E-state index in [0.29, 0.717) is 11.6 Å². The molecule has 7 nitrogen and oxygen atoms in total. The number of primary sulfonamides is 1. The summed E-state index contributed by atoms with van der Waals surface area (Å²) in [6.45, 7) is 0. The lowest BCUT2D eigenvalue weighted by Crippen LogP contribution is -2.36. The van der Waals surface area contributed by atoms with Gasteiger partial charge in [0.05, 0.1) is 4.90 Å². The second-order valence-electron chi connectivity index (χ2n) is 2.91. The first-order valence-corrected chi connectivity index (χ1v) is 5.85. The summed E-state index contributed by atoms with van der Waals surface area (Å²) < 4.78 is 22.0. The van der Waals surface area contributed by atoms with Crippen molar-refractivity contribution in [2.45, 2.75) is 4.90 Å². The first kappa shape index (κ1) is 12.4. The lowest BCUT2D eigenvalue weighted by atomic mass is 10.3. The van der Waals surface area contributed by atoms with Crippen LogP contribution in [-0.4, -0.2) is 21.4 Å². The first-order chi connectivity index (χ1) is 7.47. The van der Waals surface area contributed by atoms with E-state index in [1.807, 2.05) is 0 Å². The normalized spacial score (nSPS) is 12.3. The molecule has 0 heterocycles. The molecule has 0 saturated carbocycles. The van der Waals surface area contributed by atoms with Crippen molar-refractivity contribution in [1.29, 1.82) is 0 Å². The Hall–Kier alpha value is -1.64. The van der Waals surface area contributed by atoms with E-state index in [2.05, 4.69) is 15.7 Å². The molecule has 8 heteroatoms. The Morgan fingerprint density at radius 1 is 1.31 bits per heavy atom. The molecule has 1 rings (SSSR count). The third kappa shape index (κ3) is 3.19. The molecule has 1 aromatic rings. The topological polar surface area (TPSA) is 123 Å². The van der Waals surface area contributed by atoms with Gasteiger partial charge in [0.15, 0.2) is 0 Å². The van der Waals surface area contributed by atoms with Crippen molar-refractivity contribution in [3.05, 3.63) is 24.3 Å². The molecule has 0 aromatic heterocycles. The highest BCUT2D eigenvalue weighted by molar-refractivity contribution is 7.89. The quantitative estimate of drug-likeness (QED) is 0.234. The number of aliphatic imine (C=N–C) groups is 1. The van der Waals surface area contributed by atoms with Gasteiger partial charge in [-0.05, 0) is 24.3 Å². The SMILES string of the molecule is CN=C(NN)Nc1ccc(S(N)(=O)=O)cc1. The minimum atomic E-state index is -3.66. The van der Waals surface area contributed by atoms with Gasteiger partial charge in [0.2, 0.25) is 16.0 Å². The van der Waals surface area contributed by atoms with Gasteiger partial charge in [-0.2, -0.15) is 0 Å². The van der Waals surface area contributed by atoms with Gasteiger partial charge >= 0.3 is 0 Å². The molecule has 0 radical (unpaired) electrons. The second-order valence-corrected chi connectivity index (χ2v) is 4.47. The van der Waals surface area contributed by atoms with Crippen LogP contribution in [0.25, 0.3) is 0 Å². The molecule has 0 spiro atoms. The number of nitrogens with one attached hydrogen (secondary N) is 2. The highest BCUT2D eigenvalue weighted by atomic mass is 32.2. The average Bonchev–Trinajstić information content (AvgIpc) is 2.25. The summed E-state index contributed by atoms with van der Waals surface area (Å²) in [5.74, 6) is 5.54. The summed E-state index contributed by atoms with van der Waals surface area (Å²) >= 11 is 0. The maximum absolute atomic E-state index is 11.0. The molecule has 16 heavy (non-hydrogen) atoms. The number of guanidine groups is 1. The fourth-order valence-corrected chi connectivity index (χ4v) is 1.54. The number of nitrogens with zero attached hydrogens (tertiary/aromatic N) is 1. The van der Waals surface area contributed by atoms with Gasteiger partial charge in [0.25, 0.3) is 0 Å². The monoisotopic (exact) mass is 243 g/mol. The summed E-state index contributed by atoms with van der Waals surface area (Å²) in [5, 5.41) is 7.79. The fourth-order valence-electron chi connectivity index (χ4n) is 1.02. The van der Waals surface area contributed by atoms with E-state index < -0.39 is 10.0 Å². The molecule has 1 aromatic carbocycles. The summed E-state index contributed by atoms with van der Waals surface area (Å²) in [4.78, 5) is 3.85. The average molecular weight is 243 g/mol. The van der Waals surface area contributed by atoms with Gasteiger partial charge in [-0.25, -0.2) is 19.4 Å². The molecule has 88 valence electrons. The highest BCUT2D eigenvalue weighted by Gasteiger charge is 2.06. The van der Waals surface area contributed by atoms with Crippen LogP contribution in [-0.2, 0) is 10.0 Å². The van der Waals surface area contributed by atoms with Crippen LogP contribution in [0.2, 0.25) is 0 Å². The Morgan fingerprint density at radius 3 is 2.25 bits per heavy atom. The summed E-state index contributed by atoms with van der Waals surface area (Å²) in [6.07, 6.45) is 0. The van der Waals surface area contributed by atoms with Crippen molar-refractivity contribution in [1.82, 2.24) is 5.43 Å². The Kier molecular flexibility index (Phi) is 3.82. The van der Waals surface area contributed by atoms with E-state index in [-0.39, 0.29) is 4.90 Å². The van der Waals surface area contributed by atoms with E-state index in [1.54, 1.807) is 19.2 Å². The van der Waals surface area contributed by atoms with Gasteiger partial charge in [0, 0.05) is 12.7 Å². The van der Waals surface area contributed by atoms with Crippen LogP contribution in [0.3, 0.4) is 0 Å². The van der Waals surface area contributed by atoms with Crippen LogP contribution in [0.4, 0.5) is 5.69 Å². The van der Waals surface area contributed by atoms with Gasteiger partial charge in [-0.1, -0.05) is 0 Å². The zero-order valence-corrected chi connectivity index (χ0v) is 9.45. The molecule has 0 bridgehead atoms. The van der Waals surface area contributed by atoms with Gasteiger partial charge < -0.3 is 5.32 Å². The molecule has 0 atom stereocenters. The van der Waals surface area contributed by atoms with E-state index in [1.165, 1.54) is 12.1 Å². The van der Waals surface area contributed by atoms with E-state index in [4.69, 9.17) is 11.0 Å². The van der Waals surface area contributed by atoms with E-state index in [9.17, 15) is 8.42 Å². The third-order valence-corrected chi connectivity index (χ3v) is 2.74. The molecule has 0 aliphatic carbocycles. The molecule has 0 fully saturated rings. The molecule has 6 N–H and O–H groups in total. The van der Waals surface area contributed by atoms with Crippen molar-refractivity contribution >= 4 is 21.7 Å². The largest absolute Gasteiger partial charge is 0.325 e. The number of nitrogens with two attached hydrogens (primary N) is 2. The number of anilines is 1. The summed E-state index contributed by atoms with van der Waals surface area (Å²) in [5.41, 5.74) is 2.99. The third-order valence-electron chi connectivity index (χ3n) is 1.81. The fraction of sp³-hybridized carbons (Fsp3) is 0.125. The van der Waals surface area contributed by atoms with Crippen molar-refractivity contribution in [2.75, 3.05) is 12.4 Å². The van der Waals surface area contributed by atoms with Crippen LogP contribution in [0.1, 0.15) is 0 Å². The van der Waals surface area contributed by atoms with Gasteiger partial charge in [-0.15, -0.1) is 0 Å². The van der Waals surface area contributed by atoms with Crippen LogP contribution < -0.4 is 21.7 Å². The van der Waals surface area contributed by atoms with Gasteiger partial charge in [0.1, 0.15) is 0 Å². The van der Waals surface area contributed by atoms with Crippen molar-refractivity contribution < 1.29 is 8.42 Å². The highest BCUT2D eigenvalue weighted by Crippen LogP contribution is 2.12. The van der Waals surface area contributed by atoms with Crippen molar-refractivity contribution in [3.63, 3.8) is 0 Å². The maximum atomic E-state index is 11.0. The van der Waals surface area contributed by atoms with E-state index in [0.717, 1.165) is 0 Å². The maximum Gasteiger partial charge on any atom is 0.238 e. The predicted molar refractivity (Wildman–Crippen MR) is 62.1 cm³/mol. The number of hydrazine groups is 1. The molecular weight excluding hydrogens is 230 g/mol. The Morgan fingerprint density at radius 2 is 1.88 bits per heavy atom. The smallest absolute Gasteiger partial charge is 0.238 e. The Bertz CT molecular complexity index is 480. The lowest BCUT2D eigenvalue weighted by Gasteiger charge is -2.08. The molecular formula is C8H13N5O2S. The van der Waals surface area contributed by atoms with Crippen LogP contribution in [0.5, 0.6) is 0 Å². The molecule has 0 amide bonds. The predicted octanol–water partition coefficient (Wildman–Crippen LogP) is -0.805. The van der Waals surface area contributed by atoms with Crippen LogP contribution in [0.15, 0.2) is 34.2 Å². The zero-order valence-electron chi connectivity index (χ0n) is 8.64. The molecule has 0 saturated heterocycles. The van der Waals surface area contributed by atoms with E-state index >= 15 is 0 Å². The molecule has 0 unspecified atom stereocenters. The number of sulfonamides is 1. The summed E-state index contributed by atoms with van der Waals surface area (Å²) in [7, 11) is -2.10. The standard InChI is InChI=1S/C8H13N5O2S/c1-11-8(13-9)12-6-2-4-7(5-3-6)16(10,14)15/h2-5H,9H2,1H3,(H2,10,14,15)(H2,11,12,13). The summed E-state index contributed by atoms with van der Waals surface area (Å²) in [6, 6.07) is 5.90. The number of benzene rings is 1. The zero-order chi connectivity index (χ0) is 12.2. The minimum absolute atomic E-state index is 0.0498. The van der Waals surface area contributed by atoms with Crippen molar-refractivity contribution in [2.24, 2.45) is 16.0 Å². The Balaban J connectivity index is 2.88. The van der Waals surface area contributed by atoms with Crippen LogP contribution in [0, 0.1) is 0 Å². The van der Waals surface area contributed by atoms with Gasteiger partial charge in [-0.3, -0.25) is 10.4 Å². The number of hydrogen-bond donors (Lipinski definition) is 4. The van der Waals surface area contributed by atoms with Crippen molar-refractivity contribution in [3.8, 4) is 0 Å². The minimum Gasteiger partial charge on any atom is -0.325 e. The number of hydrogen-bond acceptors (Lipinski definition) is 4. The molecule has 0 aliphatic heterocycles.